The maximum atomic E-state index is 12.0. The zero-order chi connectivity index (χ0) is 19.0. The summed E-state index contributed by atoms with van der Waals surface area (Å²) < 4.78 is 0. The molecule has 2 heterocycles. The molecule has 1 atom stereocenters. The standard InChI is InChI=1S/C20H21N5O2/c1-13-6-7-14(19(21)27)10-17(13)25-20(24-9-8-22-18(26)12-24)16-5-3-2-4-15(16)11-23-25/h2-7,10-11,20H,8-9,12H2,1H3,(H2,21,27)(H,22,26). The lowest BCUT2D eigenvalue weighted by molar-refractivity contribution is -0.124. The second-order valence-electron chi connectivity index (χ2n) is 6.78. The van der Waals surface area contributed by atoms with Gasteiger partial charge in [-0.3, -0.25) is 14.5 Å². The Labute approximate surface area is 157 Å². The first-order chi connectivity index (χ1) is 13.0. The molecular weight excluding hydrogens is 342 g/mol. The summed E-state index contributed by atoms with van der Waals surface area (Å²) >= 11 is 0. The largest absolute Gasteiger partial charge is 0.366 e. The minimum Gasteiger partial charge on any atom is -0.366 e. The number of benzene rings is 2. The van der Waals surface area contributed by atoms with E-state index in [4.69, 9.17) is 5.73 Å². The van der Waals surface area contributed by atoms with E-state index in [0.717, 1.165) is 22.4 Å². The molecule has 27 heavy (non-hydrogen) atoms. The quantitative estimate of drug-likeness (QED) is 0.862. The lowest BCUT2D eigenvalue weighted by atomic mass is 10.0. The van der Waals surface area contributed by atoms with Gasteiger partial charge in [0.05, 0.1) is 18.4 Å². The van der Waals surface area contributed by atoms with Crippen LogP contribution in [-0.2, 0) is 4.79 Å². The van der Waals surface area contributed by atoms with Crippen LogP contribution in [0.4, 0.5) is 5.69 Å². The molecule has 7 heteroatoms. The number of nitrogens with one attached hydrogen (secondary N) is 1. The fourth-order valence-corrected chi connectivity index (χ4v) is 3.60. The fourth-order valence-electron chi connectivity index (χ4n) is 3.60. The minimum absolute atomic E-state index is 0.00385. The van der Waals surface area contributed by atoms with E-state index in [9.17, 15) is 9.59 Å². The van der Waals surface area contributed by atoms with Crippen molar-refractivity contribution >= 4 is 23.7 Å². The van der Waals surface area contributed by atoms with Gasteiger partial charge in [0.2, 0.25) is 11.8 Å². The van der Waals surface area contributed by atoms with Crippen LogP contribution < -0.4 is 16.1 Å². The maximum Gasteiger partial charge on any atom is 0.248 e. The van der Waals surface area contributed by atoms with Gasteiger partial charge in [-0.1, -0.05) is 30.3 Å². The number of carbonyl (C=O) groups is 2. The number of amides is 2. The molecule has 0 spiro atoms. The van der Waals surface area contributed by atoms with Crippen molar-refractivity contribution in [2.24, 2.45) is 10.8 Å². The van der Waals surface area contributed by atoms with Crippen LogP contribution >= 0.6 is 0 Å². The zero-order valence-electron chi connectivity index (χ0n) is 15.1. The molecular formula is C20H21N5O2. The Morgan fingerprint density at radius 3 is 2.85 bits per heavy atom. The van der Waals surface area contributed by atoms with Crippen LogP contribution in [0.2, 0.25) is 0 Å². The van der Waals surface area contributed by atoms with Crippen LogP contribution in [0.1, 0.15) is 33.2 Å². The number of fused-ring (bicyclic) bond motifs is 1. The average Bonchev–Trinajstić information content (AvgIpc) is 2.67. The molecule has 0 aromatic heterocycles. The molecule has 3 N–H and O–H groups in total. The van der Waals surface area contributed by atoms with Gasteiger partial charge in [0.15, 0.2) is 0 Å². The molecule has 2 aromatic carbocycles. The monoisotopic (exact) mass is 363 g/mol. The summed E-state index contributed by atoms with van der Waals surface area (Å²) in [6.45, 7) is 3.57. The van der Waals surface area contributed by atoms with Crippen LogP contribution in [0.15, 0.2) is 47.6 Å². The Bertz CT molecular complexity index is 940. The number of hydrazone groups is 1. The van der Waals surface area contributed by atoms with Crippen LogP contribution in [-0.4, -0.2) is 42.6 Å². The molecule has 7 nitrogen and oxygen atoms in total. The van der Waals surface area contributed by atoms with Gasteiger partial charge >= 0.3 is 0 Å². The van der Waals surface area contributed by atoms with E-state index in [2.05, 4.69) is 21.4 Å². The molecule has 4 rings (SSSR count). The van der Waals surface area contributed by atoms with Gasteiger partial charge in [0, 0.05) is 24.2 Å². The number of piperazine rings is 1. The van der Waals surface area contributed by atoms with E-state index in [-0.39, 0.29) is 12.1 Å². The molecule has 0 aliphatic carbocycles. The Kier molecular flexibility index (Phi) is 4.37. The van der Waals surface area contributed by atoms with E-state index in [1.807, 2.05) is 42.4 Å². The van der Waals surface area contributed by atoms with Gasteiger partial charge in [-0.15, -0.1) is 0 Å². The number of hydrogen-bond acceptors (Lipinski definition) is 5. The normalized spacial score (nSPS) is 19.5. The molecule has 2 aliphatic heterocycles. The summed E-state index contributed by atoms with van der Waals surface area (Å²) in [4.78, 5) is 25.8. The smallest absolute Gasteiger partial charge is 0.248 e. The van der Waals surface area contributed by atoms with Crippen LogP contribution in [0.3, 0.4) is 0 Å². The summed E-state index contributed by atoms with van der Waals surface area (Å²) in [5.74, 6) is -0.484. The van der Waals surface area contributed by atoms with Crippen molar-refractivity contribution in [1.29, 1.82) is 0 Å². The van der Waals surface area contributed by atoms with E-state index in [0.29, 0.717) is 25.2 Å². The van der Waals surface area contributed by atoms with Crippen molar-refractivity contribution in [3.63, 3.8) is 0 Å². The summed E-state index contributed by atoms with van der Waals surface area (Å²) in [5, 5.41) is 9.41. The predicted molar refractivity (Wildman–Crippen MR) is 104 cm³/mol. The molecule has 1 unspecified atom stereocenters. The Balaban J connectivity index is 1.83. The maximum absolute atomic E-state index is 12.0. The average molecular weight is 363 g/mol. The second kappa shape index (κ2) is 6.85. The number of hydrogen-bond donors (Lipinski definition) is 2. The third kappa shape index (κ3) is 3.17. The Morgan fingerprint density at radius 1 is 1.26 bits per heavy atom. The highest BCUT2D eigenvalue weighted by atomic mass is 16.2. The van der Waals surface area contributed by atoms with Gasteiger partial charge < -0.3 is 11.1 Å². The summed E-state index contributed by atoms with van der Waals surface area (Å²) in [7, 11) is 0. The molecule has 2 amide bonds. The first-order valence-corrected chi connectivity index (χ1v) is 8.88. The number of anilines is 1. The SMILES string of the molecule is Cc1ccc(C(N)=O)cc1N1N=Cc2ccccc2C1N1CCNC(=O)C1. The highest BCUT2D eigenvalue weighted by Gasteiger charge is 2.34. The number of primary amides is 1. The zero-order valence-corrected chi connectivity index (χ0v) is 15.1. The van der Waals surface area contributed by atoms with Crippen molar-refractivity contribution in [1.82, 2.24) is 10.2 Å². The molecule has 0 radical (unpaired) electrons. The number of nitrogens with zero attached hydrogens (tertiary/aromatic N) is 3. The highest BCUT2D eigenvalue weighted by molar-refractivity contribution is 5.94. The second-order valence-corrected chi connectivity index (χ2v) is 6.78. The molecule has 2 aromatic rings. The van der Waals surface area contributed by atoms with Gasteiger partial charge in [0.1, 0.15) is 6.17 Å². The Morgan fingerprint density at radius 2 is 2.07 bits per heavy atom. The number of rotatable bonds is 3. The molecule has 0 saturated carbocycles. The predicted octanol–water partition coefficient (Wildman–Crippen LogP) is 1.38. The van der Waals surface area contributed by atoms with E-state index < -0.39 is 5.91 Å². The molecule has 1 saturated heterocycles. The highest BCUT2D eigenvalue weighted by Crippen LogP contribution is 2.36. The van der Waals surface area contributed by atoms with Gasteiger partial charge in [-0.25, -0.2) is 5.01 Å². The third-order valence-corrected chi connectivity index (χ3v) is 4.98. The first kappa shape index (κ1) is 17.2. The Hall–Kier alpha value is -3.19. The van der Waals surface area contributed by atoms with Crippen molar-refractivity contribution in [2.75, 3.05) is 24.6 Å². The van der Waals surface area contributed by atoms with E-state index in [1.54, 1.807) is 12.1 Å². The van der Waals surface area contributed by atoms with Crippen LogP contribution in [0.25, 0.3) is 0 Å². The first-order valence-electron chi connectivity index (χ1n) is 8.88. The molecule has 2 aliphatic rings. The number of aryl methyl sites for hydroxylation is 1. The fraction of sp³-hybridized carbons (Fsp3) is 0.250. The van der Waals surface area contributed by atoms with Gasteiger partial charge in [-0.2, -0.15) is 5.10 Å². The summed E-state index contributed by atoms with van der Waals surface area (Å²) in [6, 6.07) is 13.4. The third-order valence-electron chi connectivity index (χ3n) is 4.98. The minimum atomic E-state index is -0.480. The van der Waals surface area contributed by atoms with Gasteiger partial charge in [0.25, 0.3) is 0 Å². The van der Waals surface area contributed by atoms with E-state index >= 15 is 0 Å². The van der Waals surface area contributed by atoms with Crippen molar-refractivity contribution in [2.45, 2.75) is 13.1 Å². The van der Waals surface area contributed by atoms with Crippen molar-refractivity contribution in [3.8, 4) is 0 Å². The summed E-state index contributed by atoms with van der Waals surface area (Å²) in [5.41, 5.74) is 9.78. The number of nitrogens with two attached hydrogens (primary N) is 1. The number of carbonyl (C=O) groups excluding carboxylic acids is 2. The molecule has 0 bridgehead atoms. The van der Waals surface area contributed by atoms with Crippen molar-refractivity contribution in [3.05, 3.63) is 64.7 Å². The molecule has 138 valence electrons. The van der Waals surface area contributed by atoms with Crippen molar-refractivity contribution < 1.29 is 9.59 Å². The van der Waals surface area contributed by atoms with E-state index in [1.165, 1.54) is 0 Å². The lowest BCUT2D eigenvalue weighted by Crippen LogP contribution is -2.53. The summed E-state index contributed by atoms with van der Waals surface area (Å²) in [6.07, 6.45) is 1.57. The molecule has 1 fully saturated rings. The van der Waals surface area contributed by atoms with Gasteiger partial charge in [-0.05, 0) is 30.2 Å². The topological polar surface area (TPSA) is 91.0 Å². The van der Waals surface area contributed by atoms with Crippen LogP contribution in [0, 0.1) is 6.92 Å². The lowest BCUT2D eigenvalue weighted by Gasteiger charge is -2.42. The van der Waals surface area contributed by atoms with Crippen LogP contribution in [0.5, 0.6) is 0 Å².